The zero-order valence-corrected chi connectivity index (χ0v) is 10.1. The average molecular weight is 272 g/mol. The Hall–Kier alpha value is -1.62. The van der Waals surface area contributed by atoms with E-state index in [1.807, 2.05) is 0 Å². The van der Waals surface area contributed by atoms with Gasteiger partial charge >= 0.3 is 5.97 Å². The number of hydrogen-bond acceptors (Lipinski definition) is 2. The van der Waals surface area contributed by atoms with Gasteiger partial charge < -0.3 is 10.4 Å². The molecule has 0 heterocycles. The lowest BCUT2D eigenvalue weighted by Crippen LogP contribution is -2.34. The molecule has 2 N–H and O–H groups in total. The molecule has 0 atom stereocenters. The van der Waals surface area contributed by atoms with E-state index in [1.165, 1.54) is 12.1 Å². The summed E-state index contributed by atoms with van der Waals surface area (Å²) in [6.07, 6.45) is 1.11. The summed E-state index contributed by atoms with van der Waals surface area (Å²) < 4.78 is 13.1. The van der Waals surface area contributed by atoms with Crippen molar-refractivity contribution in [2.45, 2.75) is 12.8 Å². The van der Waals surface area contributed by atoms with Crippen LogP contribution in [0.5, 0.6) is 0 Å². The Morgan fingerprint density at radius 2 is 2.11 bits per heavy atom. The molecule has 0 bridgehead atoms. The second-order valence-corrected chi connectivity index (χ2v) is 4.80. The molecule has 96 valence electrons. The molecule has 0 aromatic heterocycles. The van der Waals surface area contributed by atoms with Crippen molar-refractivity contribution >= 4 is 23.5 Å². The molecule has 2 rings (SSSR count). The van der Waals surface area contributed by atoms with E-state index >= 15 is 0 Å². The summed E-state index contributed by atoms with van der Waals surface area (Å²) in [7, 11) is 0. The number of rotatable bonds is 4. The number of carboxylic acid groups (broad SMARTS) is 1. The van der Waals surface area contributed by atoms with Gasteiger partial charge in [0.25, 0.3) is 5.91 Å². The maximum atomic E-state index is 13.1. The number of carboxylic acids is 1. The Morgan fingerprint density at radius 3 is 2.61 bits per heavy atom. The van der Waals surface area contributed by atoms with Gasteiger partial charge in [0.05, 0.1) is 10.4 Å². The molecule has 0 unspecified atom stereocenters. The summed E-state index contributed by atoms with van der Waals surface area (Å²) in [6.45, 7) is 0.0609. The summed E-state index contributed by atoms with van der Waals surface area (Å²) in [4.78, 5) is 22.6. The van der Waals surface area contributed by atoms with Gasteiger partial charge in [-0.15, -0.1) is 0 Å². The van der Waals surface area contributed by atoms with Crippen LogP contribution in [0.1, 0.15) is 23.2 Å². The van der Waals surface area contributed by atoms with Crippen molar-refractivity contribution in [3.05, 3.63) is 34.6 Å². The van der Waals surface area contributed by atoms with E-state index in [9.17, 15) is 14.0 Å². The van der Waals surface area contributed by atoms with Crippen LogP contribution in [0, 0.1) is 11.2 Å². The van der Waals surface area contributed by atoms with Gasteiger partial charge in [-0.3, -0.25) is 9.59 Å². The molecular weight excluding hydrogens is 261 g/mol. The molecule has 1 saturated carbocycles. The summed E-state index contributed by atoms with van der Waals surface area (Å²) in [5, 5.41) is 11.4. The Labute approximate surface area is 108 Å². The van der Waals surface area contributed by atoms with E-state index in [2.05, 4.69) is 5.32 Å². The lowest BCUT2D eigenvalue weighted by Gasteiger charge is -2.11. The quantitative estimate of drug-likeness (QED) is 0.881. The normalized spacial score (nSPS) is 16.1. The molecule has 0 spiro atoms. The highest BCUT2D eigenvalue weighted by Crippen LogP contribution is 2.45. The minimum atomic E-state index is -0.912. The fourth-order valence-corrected chi connectivity index (χ4v) is 1.72. The van der Waals surface area contributed by atoms with Gasteiger partial charge in [-0.25, -0.2) is 4.39 Å². The number of carbonyl (C=O) groups is 2. The Bertz CT molecular complexity index is 514. The molecule has 0 aliphatic heterocycles. The summed E-state index contributed by atoms with van der Waals surface area (Å²) in [5.74, 6) is -2.09. The third kappa shape index (κ3) is 2.46. The third-order valence-corrected chi connectivity index (χ3v) is 3.38. The van der Waals surface area contributed by atoms with Crippen molar-refractivity contribution in [3.63, 3.8) is 0 Å². The SMILES string of the molecule is O=C(NCC1(C(=O)O)CC1)c1ccc(Cl)c(F)c1. The van der Waals surface area contributed by atoms with Crippen LogP contribution < -0.4 is 5.32 Å². The van der Waals surface area contributed by atoms with Gasteiger partial charge in [-0.2, -0.15) is 0 Å². The van der Waals surface area contributed by atoms with E-state index < -0.39 is 23.1 Å². The summed E-state index contributed by atoms with van der Waals surface area (Å²) >= 11 is 5.50. The van der Waals surface area contributed by atoms with Crippen LogP contribution >= 0.6 is 11.6 Å². The number of nitrogens with one attached hydrogen (secondary N) is 1. The van der Waals surface area contributed by atoms with Crippen molar-refractivity contribution in [2.75, 3.05) is 6.54 Å². The maximum Gasteiger partial charge on any atom is 0.311 e. The summed E-state index contributed by atoms with van der Waals surface area (Å²) in [5.41, 5.74) is -0.709. The van der Waals surface area contributed by atoms with Gasteiger partial charge in [0.1, 0.15) is 5.82 Å². The predicted octanol–water partition coefficient (Wildman–Crippen LogP) is 2.07. The van der Waals surface area contributed by atoms with Crippen LogP contribution in [0.4, 0.5) is 4.39 Å². The number of benzene rings is 1. The number of aliphatic carboxylic acids is 1. The molecule has 0 radical (unpaired) electrons. The van der Waals surface area contributed by atoms with Crippen LogP contribution in [0.25, 0.3) is 0 Å². The molecule has 18 heavy (non-hydrogen) atoms. The van der Waals surface area contributed by atoms with Crippen molar-refractivity contribution in [2.24, 2.45) is 5.41 Å². The minimum absolute atomic E-state index is 0.0595. The zero-order valence-electron chi connectivity index (χ0n) is 9.37. The number of amides is 1. The lowest BCUT2D eigenvalue weighted by molar-refractivity contribution is -0.143. The lowest BCUT2D eigenvalue weighted by atomic mass is 10.1. The van der Waals surface area contributed by atoms with Gasteiger partial charge in [0.2, 0.25) is 0 Å². The van der Waals surface area contributed by atoms with Crippen molar-refractivity contribution in [1.29, 1.82) is 0 Å². The third-order valence-electron chi connectivity index (χ3n) is 3.08. The molecule has 1 fully saturated rings. The van der Waals surface area contributed by atoms with Gasteiger partial charge in [0, 0.05) is 12.1 Å². The van der Waals surface area contributed by atoms with Crippen LogP contribution in [0.15, 0.2) is 18.2 Å². The fraction of sp³-hybridized carbons (Fsp3) is 0.333. The molecule has 0 saturated heterocycles. The van der Waals surface area contributed by atoms with E-state index in [4.69, 9.17) is 16.7 Å². The second-order valence-electron chi connectivity index (χ2n) is 4.40. The van der Waals surface area contributed by atoms with Crippen molar-refractivity contribution < 1.29 is 19.1 Å². The van der Waals surface area contributed by atoms with Gasteiger partial charge in [-0.05, 0) is 31.0 Å². The van der Waals surface area contributed by atoms with E-state index in [0.717, 1.165) is 6.07 Å². The van der Waals surface area contributed by atoms with Crippen LogP contribution in [-0.4, -0.2) is 23.5 Å². The Balaban J connectivity index is 2.00. The Kier molecular flexibility index (Phi) is 3.26. The first-order valence-electron chi connectivity index (χ1n) is 5.41. The average Bonchev–Trinajstić information content (AvgIpc) is 3.11. The van der Waals surface area contributed by atoms with E-state index in [1.54, 1.807) is 0 Å². The fourth-order valence-electron chi connectivity index (χ4n) is 1.61. The highest BCUT2D eigenvalue weighted by Gasteiger charge is 2.50. The molecule has 1 aliphatic rings. The Morgan fingerprint density at radius 1 is 1.44 bits per heavy atom. The first-order chi connectivity index (χ1) is 8.44. The molecule has 1 aliphatic carbocycles. The highest BCUT2D eigenvalue weighted by molar-refractivity contribution is 6.30. The first-order valence-corrected chi connectivity index (χ1v) is 5.79. The standard InChI is InChI=1S/C12H11ClFNO3/c13-8-2-1-7(5-9(8)14)10(16)15-6-12(3-4-12)11(17)18/h1-2,5H,3-4,6H2,(H,15,16)(H,17,18). The number of halogens is 2. The first kappa shape index (κ1) is 12.8. The molecule has 1 aromatic rings. The smallest absolute Gasteiger partial charge is 0.311 e. The van der Waals surface area contributed by atoms with Gasteiger partial charge in [0.15, 0.2) is 0 Å². The minimum Gasteiger partial charge on any atom is -0.481 e. The molecule has 1 aromatic carbocycles. The number of hydrogen-bond donors (Lipinski definition) is 2. The second kappa shape index (κ2) is 4.57. The van der Waals surface area contributed by atoms with Crippen molar-refractivity contribution in [1.82, 2.24) is 5.32 Å². The van der Waals surface area contributed by atoms with Gasteiger partial charge in [-0.1, -0.05) is 11.6 Å². The molecule has 1 amide bonds. The van der Waals surface area contributed by atoms with Crippen LogP contribution in [0.2, 0.25) is 5.02 Å². The topological polar surface area (TPSA) is 66.4 Å². The zero-order chi connectivity index (χ0) is 13.3. The largest absolute Gasteiger partial charge is 0.481 e. The monoisotopic (exact) mass is 271 g/mol. The predicted molar refractivity (Wildman–Crippen MR) is 63.0 cm³/mol. The highest BCUT2D eigenvalue weighted by atomic mass is 35.5. The van der Waals surface area contributed by atoms with Crippen LogP contribution in [-0.2, 0) is 4.79 Å². The number of carbonyl (C=O) groups excluding carboxylic acids is 1. The summed E-state index contributed by atoms with van der Waals surface area (Å²) in [6, 6.07) is 3.70. The molecular formula is C12H11ClFNO3. The maximum absolute atomic E-state index is 13.1. The van der Waals surface area contributed by atoms with Crippen molar-refractivity contribution in [3.8, 4) is 0 Å². The van der Waals surface area contributed by atoms with E-state index in [-0.39, 0.29) is 17.1 Å². The molecule has 4 nitrogen and oxygen atoms in total. The van der Waals surface area contributed by atoms with E-state index in [0.29, 0.717) is 12.8 Å². The van der Waals surface area contributed by atoms with Crippen LogP contribution in [0.3, 0.4) is 0 Å². The molecule has 6 heteroatoms.